The fourth-order valence-electron chi connectivity index (χ4n) is 1.29. The van der Waals surface area contributed by atoms with Crippen molar-refractivity contribution in [1.29, 1.82) is 0 Å². The summed E-state index contributed by atoms with van der Waals surface area (Å²) in [5, 5.41) is 0. The Morgan fingerprint density at radius 2 is 2.36 bits per heavy atom. The summed E-state index contributed by atoms with van der Waals surface area (Å²) in [6.45, 7) is 3.87. The monoisotopic (exact) mass is 151 g/mol. The van der Waals surface area contributed by atoms with Crippen molar-refractivity contribution in [2.75, 3.05) is 0 Å². The minimum atomic E-state index is -0.459. The molecule has 2 heteroatoms. The zero-order valence-electron chi connectivity index (χ0n) is 6.92. The van der Waals surface area contributed by atoms with Crippen LogP contribution in [0.2, 0.25) is 0 Å². The van der Waals surface area contributed by atoms with E-state index in [-0.39, 0.29) is 5.91 Å². The summed E-state index contributed by atoms with van der Waals surface area (Å²) in [7, 11) is 0. The standard InChI is InChI=1S/C9H13NO/c1-7-4-3-5-9(2,6-7)8(10)11/h3-5H,6H2,1-2H3,(H2,10,11). The maximum atomic E-state index is 11.0. The lowest BCUT2D eigenvalue weighted by atomic mass is 9.80. The summed E-state index contributed by atoms with van der Waals surface area (Å²) in [5.74, 6) is -0.249. The lowest BCUT2D eigenvalue weighted by Gasteiger charge is -2.24. The highest BCUT2D eigenvalue weighted by molar-refractivity contribution is 5.83. The van der Waals surface area contributed by atoms with Crippen molar-refractivity contribution in [3.05, 3.63) is 23.8 Å². The molecule has 0 aliphatic heterocycles. The zero-order chi connectivity index (χ0) is 8.48. The first-order chi connectivity index (χ1) is 5.04. The van der Waals surface area contributed by atoms with Gasteiger partial charge in [0.2, 0.25) is 5.91 Å². The topological polar surface area (TPSA) is 43.1 Å². The Morgan fingerprint density at radius 1 is 1.73 bits per heavy atom. The molecule has 1 rings (SSSR count). The van der Waals surface area contributed by atoms with E-state index < -0.39 is 5.41 Å². The SMILES string of the molecule is CC1=CC=CC(C)(C(N)=O)C1. The third-order valence-electron chi connectivity index (χ3n) is 2.05. The second kappa shape index (κ2) is 2.53. The van der Waals surface area contributed by atoms with Crippen LogP contribution in [-0.4, -0.2) is 5.91 Å². The molecule has 2 nitrogen and oxygen atoms in total. The average molecular weight is 151 g/mol. The molecule has 0 fully saturated rings. The maximum absolute atomic E-state index is 11.0. The average Bonchev–Trinajstić information content (AvgIpc) is 1.86. The molecule has 0 spiro atoms. The van der Waals surface area contributed by atoms with Crippen molar-refractivity contribution in [2.24, 2.45) is 11.1 Å². The van der Waals surface area contributed by atoms with E-state index in [9.17, 15) is 4.79 Å². The van der Waals surface area contributed by atoms with Crippen LogP contribution in [0.1, 0.15) is 20.3 Å². The Hall–Kier alpha value is -1.05. The molecule has 1 unspecified atom stereocenters. The van der Waals surface area contributed by atoms with Gasteiger partial charge in [-0.1, -0.05) is 23.8 Å². The minimum absolute atomic E-state index is 0.249. The molecular weight excluding hydrogens is 138 g/mol. The molecule has 1 atom stereocenters. The van der Waals surface area contributed by atoms with Gasteiger partial charge in [0, 0.05) is 0 Å². The van der Waals surface area contributed by atoms with Gasteiger partial charge in [0.05, 0.1) is 5.41 Å². The minimum Gasteiger partial charge on any atom is -0.369 e. The number of nitrogens with two attached hydrogens (primary N) is 1. The predicted octanol–water partition coefficient (Wildman–Crippen LogP) is 1.38. The number of carbonyl (C=O) groups is 1. The third kappa shape index (κ3) is 1.50. The number of allylic oxidation sites excluding steroid dienone is 3. The quantitative estimate of drug-likeness (QED) is 0.604. The normalized spacial score (nSPS) is 29.8. The van der Waals surface area contributed by atoms with Crippen LogP contribution in [0.3, 0.4) is 0 Å². The Morgan fingerprint density at radius 3 is 2.73 bits per heavy atom. The Balaban J connectivity index is 2.86. The molecule has 2 N–H and O–H groups in total. The number of amides is 1. The molecule has 0 saturated carbocycles. The highest BCUT2D eigenvalue weighted by atomic mass is 16.1. The second-order valence-corrected chi connectivity index (χ2v) is 3.33. The Labute approximate surface area is 66.8 Å². The number of hydrogen-bond acceptors (Lipinski definition) is 1. The first-order valence-corrected chi connectivity index (χ1v) is 3.69. The van der Waals surface area contributed by atoms with Gasteiger partial charge in [-0.05, 0) is 20.3 Å². The van der Waals surface area contributed by atoms with Gasteiger partial charge in [-0.15, -0.1) is 0 Å². The molecule has 11 heavy (non-hydrogen) atoms. The van der Waals surface area contributed by atoms with Crippen molar-refractivity contribution in [1.82, 2.24) is 0 Å². The van der Waals surface area contributed by atoms with Crippen molar-refractivity contribution >= 4 is 5.91 Å². The summed E-state index contributed by atoms with van der Waals surface area (Å²) in [5.41, 5.74) is 5.99. The number of rotatable bonds is 1. The van der Waals surface area contributed by atoms with Crippen LogP contribution in [-0.2, 0) is 4.79 Å². The summed E-state index contributed by atoms with van der Waals surface area (Å²) >= 11 is 0. The van der Waals surface area contributed by atoms with Gasteiger partial charge < -0.3 is 5.73 Å². The van der Waals surface area contributed by atoms with Crippen LogP contribution in [0.5, 0.6) is 0 Å². The molecule has 0 aromatic carbocycles. The number of primary amides is 1. The number of hydrogen-bond donors (Lipinski definition) is 1. The molecule has 0 aromatic rings. The number of carbonyl (C=O) groups excluding carboxylic acids is 1. The first-order valence-electron chi connectivity index (χ1n) is 3.69. The maximum Gasteiger partial charge on any atom is 0.227 e. The molecule has 60 valence electrons. The smallest absolute Gasteiger partial charge is 0.227 e. The largest absolute Gasteiger partial charge is 0.369 e. The van der Waals surface area contributed by atoms with Gasteiger partial charge in [-0.3, -0.25) is 4.79 Å². The summed E-state index contributed by atoms with van der Waals surface area (Å²) in [6, 6.07) is 0. The highest BCUT2D eigenvalue weighted by Crippen LogP contribution is 2.30. The van der Waals surface area contributed by atoms with E-state index in [4.69, 9.17) is 5.73 Å². The van der Waals surface area contributed by atoms with E-state index in [1.54, 1.807) is 0 Å². The molecular formula is C9H13NO. The molecule has 0 heterocycles. The van der Waals surface area contributed by atoms with E-state index >= 15 is 0 Å². The van der Waals surface area contributed by atoms with Crippen LogP contribution in [0.25, 0.3) is 0 Å². The fourth-order valence-corrected chi connectivity index (χ4v) is 1.29. The molecule has 0 aromatic heterocycles. The van der Waals surface area contributed by atoms with Gasteiger partial charge in [0.1, 0.15) is 0 Å². The summed E-state index contributed by atoms with van der Waals surface area (Å²) < 4.78 is 0. The van der Waals surface area contributed by atoms with Gasteiger partial charge in [-0.25, -0.2) is 0 Å². The van der Waals surface area contributed by atoms with E-state index in [1.165, 1.54) is 5.57 Å². The summed E-state index contributed by atoms with van der Waals surface area (Å²) in [4.78, 5) is 11.0. The lowest BCUT2D eigenvalue weighted by Crippen LogP contribution is -2.33. The molecule has 1 amide bonds. The summed E-state index contributed by atoms with van der Waals surface area (Å²) in [6.07, 6.45) is 6.51. The third-order valence-corrected chi connectivity index (χ3v) is 2.05. The predicted molar refractivity (Wildman–Crippen MR) is 44.8 cm³/mol. The highest BCUT2D eigenvalue weighted by Gasteiger charge is 2.29. The van der Waals surface area contributed by atoms with Crippen LogP contribution < -0.4 is 5.73 Å². The van der Waals surface area contributed by atoms with Crippen LogP contribution in [0, 0.1) is 5.41 Å². The molecule has 0 saturated heterocycles. The van der Waals surface area contributed by atoms with Gasteiger partial charge >= 0.3 is 0 Å². The van der Waals surface area contributed by atoms with Crippen molar-refractivity contribution in [3.63, 3.8) is 0 Å². The molecule has 1 aliphatic rings. The van der Waals surface area contributed by atoms with Crippen LogP contribution >= 0.6 is 0 Å². The van der Waals surface area contributed by atoms with Gasteiger partial charge in [-0.2, -0.15) is 0 Å². The first kappa shape index (κ1) is 8.05. The molecule has 0 bridgehead atoms. The van der Waals surface area contributed by atoms with E-state index in [1.807, 2.05) is 32.1 Å². The zero-order valence-corrected chi connectivity index (χ0v) is 6.92. The van der Waals surface area contributed by atoms with E-state index in [2.05, 4.69) is 0 Å². The van der Waals surface area contributed by atoms with E-state index in [0.29, 0.717) is 0 Å². The Bertz CT molecular complexity index is 240. The fraction of sp³-hybridized carbons (Fsp3) is 0.444. The molecule has 1 aliphatic carbocycles. The van der Waals surface area contributed by atoms with Crippen molar-refractivity contribution in [2.45, 2.75) is 20.3 Å². The van der Waals surface area contributed by atoms with Crippen molar-refractivity contribution in [3.8, 4) is 0 Å². The molecule has 0 radical (unpaired) electrons. The van der Waals surface area contributed by atoms with E-state index in [0.717, 1.165) is 6.42 Å². The Kier molecular flexibility index (Phi) is 1.85. The van der Waals surface area contributed by atoms with Gasteiger partial charge in [0.15, 0.2) is 0 Å². The van der Waals surface area contributed by atoms with Crippen LogP contribution in [0.4, 0.5) is 0 Å². The van der Waals surface area contributed by atoms with Crippen LogP contribution in [0.15, 0.2) is 23.8 Å². The van der Waals surface area contributed by atoms with Gasteiger partial charge in [0.25, 0.3) is 0 Å². The second-order valence-electron chi connectivity index (χ2n) is 3.33. The lowest BCUT2D eigenvalue weighted by molar-refractivity contribution is -0.124. The van der Waals surface area contributed by atoms with Crippen molar-refractivity contribution < 1.29 is 4.79 Å².